The molecule has 0 aliphatic rings. The van der Waals surface area contributed by atoms with Crippen LogP contribution in [0.25, 0.3) is 0 Å². The Morgan fingerprint density at radius 3 is 2.46 bits per heavy atom. The Balaban J connectivity index is 2.79. The number of likely N-dealkylation sites (N-methyl/N-ethyl adjacent to an activating group) is 1. The van der Waals surface area contributed by atoms with Crippen LogP contribution in [0.5, 0.6) is 0 Å². The summed E-state index contributed by atoms with van der Waals surface area (Å²) in [4.78, 5) is 16.4. The molecule has 1 radical (unpaired) electrons. The summed E-state index contributed by atoms with van der Waals surface area (Å²) in [5.74, 6) is 0.704. The first-order chi connectivity index (χ1) is 11.4. The lowest BCUT2D eigenvalue weighted by molar-refractivity contribution is -0.132. The van der Waals surface area contributed by atoms with Gasteiger partial charge in [0, 0.05) is 26.4 Å². The first-order valence-electron chi connectivity index (χ1n) is 8.22. The van der Waals surface area contributed by atoms with Gasteiger partial charge in [-0.3, -0.25) is 4.79 Å². The van der Waals surface area contributed by atoms with E-state index in [9.17, 15) is 4.79 Å². The molecule has 1 amide bonds. The van der Waals surface area contributed by atoms with E-state index in [0.717, 1.165) is 18.7 Å². The van der Waals surface area contributed by atoms with Gasteiger partial charge in [0.15, 0.2) is 23.0 Å². The van der Waals surface area contributed by atoms with Crippen molar-refractivity contribution < 1.29 is 7.86 Å². The largest absolute Gasteiger partial charge is 0.431 e. The molecule has 0 saturated heterocycles. The van der Waals surface area contributed by atoms with Crippen LogP contribution in [-0.2, 0) is 14.3 Å². The number of amides is 1. The zero-order valence-electron chi connectivity index (χ0n) is 15.1. The lowest BCUT2D eigenvalue weighted by atomic mass is 9.73. The normalized spacial score (nSPS) is 11.9. The predicted octanol–water partition coefficient (Wildman–Crippen LogP) is 2.66. The van der Waals surface area contributed by atoms with Crippen molar-refractivity contribution in [2.24, 2.45) is 0 Å². The Hall–Kier alpha value is -1.02. The van der Waals surface area contributed by atoms with Gasteiger partial charge in [0.05, 0.1) is 6.04 Å². The molecule has 4 nitrogen and oxygen atoms in total. The van der Waals surface area contributed by atoms with Gasteiger partial charge in [-0.15, -0.1) is 0 Å². The van der Waals surface area contributed by atoms with Gasteiger partial charge >= 0.3 is 0 Å². The third-order valence-corrected chi connectivity index (χ3v) is 4.89. The molecule has 0 aromatic heterocycles. The number of benzene rings is 1. The van der Waals surface area contributed by atoms with Crippen LogP contribution in [0.1, 0.15) is 18.9 Å². The molecule has 0 aliphatic heterocycles. The summed E-state index contributed by atoms with van der Waals surface area (Å²) in [5.41, 5.74) is 2.34. The van der Waals surface area contributed by atoms with Crippen molar-refractivity contribution in [3.63, 3.8) is 0 Å². The Labute approximate surface area is 161 Å². The van der Waals surface area contributed by atoms with E-state index in [1.54, 1.807) is 4.90 Å². The lowest BCUT2D eigenvalue weighted by Crippen LogP contribution is -2.41. The molecule has 1 unspecified atom stereocenters. The minimum Gasteiger partial charge on any atom is -0.431 e. The molecular formula is C18H27BIN2O2. The van der Waals surface area contributed by atoms with E-state index in [2.05, 4.69) is 49.9 Å². The maximum Gasteiger partial charge on any atom is 0.224 e. The van der Waals surface area contributed by atoms with Crippen LogP contribution < -0.4 is 5.46 Å². The first-order valence-corrected chi connectivity index (χ1v) is 9.10. The highest BCUT2D eigenvalue weighted by Crippen LogP contribution is 2.18. The van der Waals surface area contributed by atoms with Crippen LogP contribution in [0.2, 0.25) is 6.82 Å². The molecule has 0 fully saturated rings. The summed E-state index contributed by atoms with van der Waals surface area (Å²) in [6, 6.07) is 8.17. The number of carbonyl (C=O) groups is 1. The highest BCUT2D eigenvalue weighted by atomic mass is 127. The van der Waals surface area contributed by atoms with E-state index in [4.69, 9.17) is 3.07 Å². The molecule has 0 aliphatic carbocycles. The van der Waals surface area contributed by atoms with Crippen LogP contribution >= 0.6 is 23.0 Å². The number of halogens is 1. The van der Waals surface area contributed by atoms with Gasteiger partial charge in [0.25, 0.3) is 0 Å². The van der Waals surface area contributed by atoms with Crippen molar-refractivity contribution in [3.05, 3.63) is 42.2 Å². The van der Waals surface area contributed by atoms with Gasteiger partial charge < -0.3 is 12.9 Å². The smallest absolute Gasteiger partial charge is 0.224 e. The molecular weight excluding hydrogens is 414 g/mol. The van der Waals surface area contributed by atoms with Crippen LogP contribution in [-0.4, -0.2) is 56.2 Å². The molecule has 0 N–H and O–H groups in total. The lowest BCUT2D eigenvalue weighted by Gasteiger charge is -2.29. The van der Waals surface area contributed by atoms with Gasteiger partial charge in [-0.05, 0) is 19.2 Å². The van der Waals surface area contributed by atoms with E-state index in [0.29, 0.717) is 18.6 Å². The average molecular weight is 441 g/mol. The number of hydrogen-bond donors (Lipinski definition) is 0. The fourth-order valence-corrected chi connectivity index (χ4v) is 2.68. The molecule has 1 aromatic carbocycles. The molecule has 1 atom stereocenters. The minimum atomic E-state index is -0.169. The minimum absolute atomic E-state index is 0.105. The molecule has 0 saturated carbocycles. The monoisotopic (exact) mass is 441 g/mol. The SMILES string of the molecule is C=C(OI)C(Cc1ccc([B]C)cc1)N(C)C(=O)CCN(C)CC. The van der Waals surface area contributed by atoms with Crippen LogP contribution in [0.15, 0.2) is 36.6 Å². The van der Waals surface area contributed by atoms with Crippen molar-refractivity contribution in [1.29, 1.82) is 0 Å². The summed E-state index contributed by atoms with van der Waals surface area (Å²) >= 11 is 1.83. The van der Waals surface area contributed by atoms with Crippen LogP contribution in [0.4, 0.5) is 0 Å². The third kappa shape index (κ3) is 6.47. The van der Waals surface area contributed by atoms with Gasteiger partial charge in [0.2, 0.25) is 5.91 Å². The zero-order valence-corrected chi connectivity index (χ0v) is 17.2. The Morgan fingerprint density at radius 2 is 1.96 bits per heavy atom. The van der Waals surface area contributed by atoms with E-state index in [1.807, 2.05) is 43.9 Å². The standard InChI is InChI=1S/C18H27BIN2O2/c1-6-21(4)12-11-18(23)22(5)17(14(2)24-20)13-15-7-9-16(19-3)10-8-15/h7-10,17H,2,6,11-13H2,1,3-5H3. The Bertz CT molecular complexity index is 536. The summed E-state index contributed by atoms with van der Waals surface area (Å²) in [6.07, 6.45) is 1.19. The number of hydrogen-bond acceptors (Lipinski definition) is 3. The van der Waals surface area contributed by atoms with Crippen molar-refractivity contribution in [2.45, 2.75) is 32.6 Å². The second kappa shape index (κ2) is 10.8. The average Bonchev–Trinajstić information content (AvgIpc) is 2.62. The topological polar surface area (TPSA) is 32.8 Å². The van der Waals surface area contributed by atoms with E-state index < -0.39 is 0 Å². The second-order valence-electron chi connectivity index (χ2n) is 5.94. The summed E-state index contributed by atoms with van der Waals surface area (Å²) < 4.78 is 5.31. The number of rotatable bonds is 10. The first kappa shape index (κ1) is 21.0. The molecule has 6 heteroatoms. The maximum atomic E-state index is 12.5. The third-order valence-electron chi connectivity index (χ3n) is 4.32. The van der Waals surface area contributed by atoms with Crippen molar-refractivity contribution >= 4 is 41.7 Å². The van der Waals surface area contributed by atoms with Gasteiger partial charge in [-0.1, -0.05) is 50.1 Å². The molecule has 24 heavy (non-hydrogen) atoms. The molecule has 0 heterocycles. The Morgan fingerprint density at radius 1 is 1.33 bits per heavy atom. The van der Waals surface area contributed by atoms with Gasteiger partial charge in [-0.25, -0.2) is 0 Å². The maximum absolute atomic E-state index is 12.5. The molecule has 0 bridgehead atoms. The molecule has 1 rings (SSSR count). The van der Waals surface area contributed by atoms with Gasteiger partial charge in [0.1, 0.15) is 13.0 Å². The fraction of sp³-hybridized carbons (Fsp3) is 0.500. The summed E-state index contributed by atoms with van der Waals surface area (Å²) in [6.45, 7) is 9.77. The van der Waals surface area contributed by atoms with E-state index in [1.165, 1.54) is 5.46 Å². The van der Waals surface area contributed by atoms with E-state index >= 15 is 0 Å². The molecule has 0 spiro atoms. The quantitative estimate of drug-likeness (QED) is 0.318. The summed E-state index contributed by atoms with van der Waals surface area (Å²) in [5, 5.41) is 0. The van der Waals surface area contributed by atoms with Crippen molar-refractivity contribution in [1.82, 2.24) is 9.80 Å². The fourth-order valence-electron chi connectivity index (χ4n) is 2.38. The van der Waals surface area contributed by atoms with E-state index in [-0.39, 0.29) is 11.9 Å². The second-order valence-corrected chi connectivity index (χ2v) is 6.38. The molecule has 1 aromatic rings. The van der Waals surface area contributed by atoms with Crippen LogP contribution in [0, 0.1) is 0 Å². The predicted molar refractivity (Wildman–Crippen MR) is 110 cm³/mol. The van der Waals surface area contributed by atoms with Crippen LogP contribution in [0.3, 0.4) is 0 Å². The van der Waals surface area contributed by atoms with Crippen molar-refractivity contribution in [2.75, 3.05) is 27.2 Å². The Kier molecular flexibility index (Phi) is 9.43. The highest BCUT2D eigenvalue weighted by Gasteiger charge is 2.24. The summed E-state index contributed by atoms with van der Waals surface area (Å²) in [7, 11) is 5.91. The highest BCUT2D eigenvalue weighted by molar-refractivity contribution is 14.1. The zero-order chi connectivity index (χ0) is 18.1. The number of carbonyl (C=O) groups excluding carboxylic acids is 1. The number of nitrogens with zero attached hydrogens (tertiary/aromatic N) is 2. The molecule has 131 valence electrons. The van der Waals surface area contributed by atoms with Crippen molar-refractivity contribution in [3.8, 4) is 0 Å². The van der Waals surface area contributed by atoms with Gasteiger partial charge in [-0.2, -0.15) is 0 Å².